The molecule has 2 fully saturated rings. The number of carbonyl (C=O) groups is 1. The van der Waals surface area contributed by atoms with E-state index in [1.807, 2.05) is 55.0 Å². The lowest BCUT2D eigenvalue weighted by Crippen LogP contribution is -2.54. The molecule has 1 saturated heterocycles. The highest BCUT2D eigenvalue weighted by Crippen LogP contribution is 2.29. The highest BCUT2D eigenvalue weighted by molar-refractivity contribution is 5.86. The van der Waals surface area contributed by atoms with Gasteiger partial charge in [0.15, 0.2) is 0 Å². The molecule has 1 unspecified atom stereocenters. The van der Waals surface area contributed by atoms with Crippen molar-refractivity contribution in [1.29, 1.82) is 0 Å². The molecule has 222 valence electrons. The Hall–Kier alpha value is -4.43. The first-order valence-corrected chi connectivity index (χ1v) is 15.3. The zero-order chi connectivity index (χ0) is 29.4. The van der Waals surface area contributed by atoms with Crippen LogP contribution in [0.1, 0.15) is 38.5 Å². The van der Waals surface area contributed by atoms with Gasteiger partial charge in [0.05, 0.1) is 7.11 Å². The third-order valence-electron chi connectivity index (χ3n) is 8.59. The SMILES string of the molecule is COC(=O)Nc1cccc(-c2ccnc(NC3CCCC[C@H]3N[C@H]3CCCN(c4ccc(-c5cccnc5)cc4)C3)c2)c1. The summed E-state index contributed by atoms with van der Waals surface area (Å²) in [6, 6.07) is 26.0. The van der Waals surface area contributed by atoms with E-state index in [-0.39, 0.29) is 0 Å². The normalized spacial score (nSPS) is 20.3. The number of nitrogens with one attached hydrogen (secondary N) is 3. The second kappa shape index (κ2) is 13.7. The topological polar surface area (TPSA) is 91.4 Å². The number of benzene rings is 2. The van der Waals surface area contributed by atoms with Crippen molar-refractivity contribution >= 4 is 23.3 Å². The van der Waals surface area contributed by atoms with E-state index in [1.54, 1.807) is 0 Å². The second-order valence-corrected chi connectivity index (χ2v) is 11.5. The number of rotatable bonds is 8. The summed E-state index contributed by atoms with van der Waals surface area (Å²) in [5, 5.41) is 10.6. The highest BCUT2D eigenvalue weighted by atomic mass is 16.5. The zero-order valence-corrected chi connectivity index (χ0v) is 24.7. The van der Waals surface area contributed by atoms with Gasteiger partial charge in [0.25, 0.3) is 0 Å². The molecule has 1 aliphatic heterocycles. The van der Waals surface area contributed by atoms with Crippen LogP contribution in [0.3, 0.4) is 0 Å². The number of hydrogen-bond acceptors (Lipinski definition) is 7. The molecule has 8 nitrogen and oxygen atoms in total. The Balaban J connectivity index is 1.09. The fourth-order valence-electron chi connectivity index (χ4n) is 6.38. The predicted molar refractivity (Wildman–Crippen MR) is 173 cm³/mol. The molecule has 8 heteroatoms. The molecule has 3 atom stereocenters. The number of methoxy groups -OCH3 is 1. The maximum Gasteiger partial charge on any atom is 0.411 e. The van der Waals surface area contributed by atoms with Crippen LogP contribution in [0.25, 0.3) is 22.3 Å². The van der Waals surface area contributed by atoms with E-state index >= 15 is 0 Å². The van der Waals surface area contributed by atoms with Gasteiger partial charge in [0.2, 0.25) is 0 Å². The number of nitrogens with zero attached hydrogens (tertiary/aromatic N) is 3. The molecule has 2 aromatic heterocycles. The van der Waals surface area contributed by atoms with Crippen molar-refractivity contribution in [1.82, 2.24) is 15.3 Å². The molecular formula is C35H40N6O2. The van der Waals surface area contributed by atoms with Crippen molar-refractivity contribution in [2.75, 3.05) is 35.7 Å². The first-order valence-electron chi connectivity index (χ1n) is 15.3. The quantitative estimate of drug-likeness (QED) is 0.209. The Bertz CT molecular complexity index is 1500. The molecule has 2 aromatic carbocycles. The van der Waals surface area contributed by atoms with Crippen LogP contribution in [0.5, 0.6) is 0 Å². The van der Waals surface area contributed by atoms with Gasteiger partial charge in [-0.3, -0.25) is 10.3 Å². The van der Waals surface area contributed by atoms with E-state index in [1.165, 1.54) is 44.0 Å². The van der Waals surface area contributed by atoms with Gasteiger partial charge in [0, 0.05) is 61.2 Å². The Kier molecular flexibility index (Phi) is 9.13. The van der Waals surface area contributed by atoms with Crippen LogP contribution in [-0.2, 0) is 4.74 Å². The van der Waals surface area contributed by atoms with Crippen LogP contribution in [0.15, 0.2) is 91.4 Å². The van der Waals surface area contributed by atoms with Crippen molar-refractivity contribution < 1.29 is 9.53 Å². The van der Waals surface area contributed by atoms with Crippen LogP contribution >= 0.6 is 0 Å². The molecular weight excluding hydrogens is 536 g/mol. The maximum atomic E-state index is 11.7. The van der Waals surface area contributed by atoms with E-state index < -0.39 is 6.09 Å². The molecule has 0 spiro atoms. The van der Waals surface area contributed by atoms with E-state index in [4.69, 9.17) is 4.74 Å². The molecule has 3 N–H and O–H groups in total. The van der Waals surface area contributed by atoms with Gasteiger partial charge >= 0.3 is 6.09 Å². The first-order chi connectivity index (χ1) is 21.1. The number of pyridine rings is 2. The molecule has 1 saturated carbocycles. The van der Waals surface area contributed by atoms with Gasteiger partial charge in [-0.2, -0.15) is 0 Å². The van der Waals surface area contributed by atoms with E-state index in [0.29, 0.717) is 23.8 Å². The van der Waals surface area contributed by atoms with E-state index in [9.17, 15) is 4.79 Å². The Labute approximate surface area is 253 Å². The molecule has 0 radical (unpaired) electrons. The molecule has 6 rings (SSSR count). The Morgan fingerprint density at radius 1 is 0.837 bits per heavy atom. The summed E-state index contributed by atoms with van der Waals surface area (Å²) in [4.78, 5) is 23.1. The minimum absolute atomic E-state index is 0.318. The summed E-state index contributed by atoms with van der Waals surface area (Å²) >= 11 is 0. The lowest BCUT2D eigenvalue weighted by atomic mass is 9.89. The molecule has 1 aliphatic carbocycles. The summed E-state index contributed by atoms with van der Waals surface area (Å²) in [6.45, 7) is 2.10. The van der Waals surface area contributed by atoms with Gasteiger partial charge in [-0.15, -0.1) is 0 Å². The van der Waals surface area contributed by atoms with E-state index in [2.05, 4.69) is 67.2 Å². The van der Waals surface area contributed by atoms with Gasteiger partial charge in [-0.25, -0.2) is 9.78 Å². The molecule has 2 aliphatic rings. The van der Waals surface area contributed by atoms with Gasteiger partial charge < -0.3 is 20.3 Å². The van der Waals surface area contributed by atoms with Gasteiger partial charge in [-0.05, 0) is 90.4 Å². The standard InChI is InChI=1S/C35H40N6O2/c1-43-35(42)39-29-9-4-7-26(21-29)27-17-19-37-34(22-27)40-33-12-3-2-11-32(33)38-30-10-6-20-41(24-30)31-15-13-25(14-16-31)28-8-5-18-36-23-28/h4-5,7-9,13-19,21-23,30,32-33,38H,2-3,6,10-12,20,24H2,1H3,(H,37,40)(H,39,42)/t30-,32+,33?/m0/s1. The Morgan fingerprint density at radius 3 is 2.47 bits per heavy atom. The van der Waals surface area contributed by atoms with E-state index in [0.717, 1.165) is 48.4 Å². The monoisotopic (exact) mass is 576 g/mol. The Morgan fingerprint density at radius 2 is 1.65 bits per heavy atom. The third kappa shape index (κ3) is 7.32. The fraction of sp³-hybridized carbons (Fsp3) is 0.343. The number of amides is 1. The minimum Gasteiger partial charge on any atom is -0.453 e. The van der Waals surface area contributed by atoms with Gasteiger partial charge in [0.1, 0.15) is 5.82 Å². The van der Waals surface area contributed by atoms with Crippen molar-refractivity contribution in [2.24, 2.45) is 0 Å². The van der Waals surface area contributed by atoms with Crippen LogP contribution in [-0.4, -0.2) is 54.4 Å². The zero-order valence-electron chi connectivity index (χ0n) is 24.7. The summed E-state index contributed by atoms with van der Waals surface area (Å²) in [5.74, 6) is 0.876. The van der Waals surface area contributed by atoms with Crippen LogP contribution < -0.4 is 20.9 Å². The van der Waals surface area contributed by atoms with Crippen molar-refractivity contribution in [3.63, 3.8) is 0 Å². The average molecular weight is 577 g/mol. The number of anilines is 3. The number of ether oxygens (including phenoxy) is 1. The van der Waals surface area contributed by atoms with Crippen LogP contribution in [0, 0.1) is 0 Å². The van der Waals surface area contributed by atoms with Gasteiger partial charge in [-0.1, -0.05) is 43.2 Å². The summed E-state index contributed by atoms with van der Waals surface area (Å²) in [5.41, 5.74) is 6.37. The number of piperidine rings is 1. The lowest BCUT2D eigenvalue weighted by molar-refractivity contribution is 0.187. The minimum atomic E-state index is -0.482. The number of aromatic nitrogens is 2. The highest BCUT2D eigenvalue weighted by Gasteiger charge is 2.29. The van der Waals surface area contributed by atoms with Crippen molar-refractivity contribution in [3.8, 4) is 22.3 Å². The predicted octanol–water partition coefficient (Wildman–Crippen LogP) is 6.97. The number of hydrogen-bond donors (Lipinski definition) is 3. The smallest absolute Gasteiger partial charge is 0.411 e. The number of carbonyl (C=O) groups excluding carboxylic acids is 1. The van der Waals surface area contributed by atoms with Crippen molar-refractivity contribution in [2.45, 2.75) is 56.7 Å². The summed E-state index contributed by atoms with van der Waals surface area (Å²) in [6.07, 6.45) is 12.2. The second-order valence-electron chi connectivity index (χ2n) is 11.5. The molecule has 0 bridgehead atoms. The van der Waals surface area contributed by atoms with Crippen LogP contribution in [0.2, 0.25) is 0 Å². The molecule has 4 aromatic rings. The molecule has 3 heterocycles. The largest absolute Gasteiger partial charge is 0.453 e. The lowest BCUT2D eigenvalue weighted by Gasteiger charge is -2.40. The maximum absolute atomic E-state index is 11.7. The van der Waals surface area contributed by atoms with Crippen molar-refractivity contribution in [3.05, 3.63) is 91.4 Å². The summed E-state index contributed by atoms with van der Waals surface area (Å²) in [7, 11) is 1.36. The molecule has 1 amide bonds. The average Bonchev–Trinajstić information content (AvgIpc) is 3.06. The summed E-state index contributed by atoms with van der Waals surface area (Å²) < 4.78 is 4.74. The first kappa shape index (κ1) is 28.7. The third-order valence-corrected chi connectivity index (χ3v) is 8.59. The molecule has 43 heavy (non-hydrogen) atoms. The van der Waals surface area contributed by atoms with Crippen LogP contribution in [0.4, 0.5) is 22.0 Å². The fourth-order valence-corrected chi connectivity index (χ4v) is 6.38.